The molecule has 0 aliphatic carbocycles. The second-order valence-electron chi connectivity index (χ2n) is 6.79. The van der Waals surface area contributed by atoms with Crippen molar-refractivity contribution in [3.05, 3.63) is 71.5 Å². The Labute approximate surface area is 154 Å². The van der Waals surface area contributed by atoms with Gasteiger partial charge in [-0.15, -0.1) is 0 Å². The second kappa shape index (κ2) is 8.09. The Hall–Kier alpha value is -2.75. The predicted octanol–water partition coefficient (Wildman–Crippen LogP) is 4.92. The first kappa shape index (κ1) is 18.1. The van der Waals surface area contributed by atoms with Crippen LogP contribution in [0.25, 0.3) is 0 Å². The van der Waals surface area contributed by atoms with Crippen molar-refractivity contribution in [1.29, 1.82) is 0 Å². The molecule has 4 heteroatoms. The first-order valence-corrected chi connectivity index (χ1v) is 9.08. The molecule has 0 spiro atoms. The van der Waals surface area contributed by atoms with Gasteiger partial charge in [0.1, 0.15) is 5.75 Å². The summed E-state index contributed by atoms with van der Waals surface area (Å²) < 4.78 is 6.03. The topological polar surface area (TPSA) is 58.6 Å². The van der Waals surface area contributed by atoms with E-state index in [1.807, 2.05) is 25.1 Å². The van der Waals surface area contributed by atoms with Crippen molar-refractivity contribution >= 4 is 11.5 Å². The van der Waals surface area contributed by atoms with Crippen LogP contribution < -0.4 is 10.1 Å². The number of fused-ring (bicyclic) bond motifs is 1. The van der Waals surface area contributed by atoms with Crippen LogP contribution in [0, 0.1) is 0 Å². The third-order valence-corrected chi connectivity index (χ3v) is 4.73. The molecule has 0 amide bonds. The number of carbonyl (C=O) groups excluding carboxylic acids is 1. The van der Waals surface area contributed by atoms with E-state index in [4.69, 9.17) is 4.74 Å². The normalized spacial score (nSPS) is 18.9. The summed E-state index contributed by atoms with van der Waals surface area (Å²) in [6.07, 6.45) is 4.06. The van der Waals surface area contributed by atoms with E-state index < -0.39 is 0 Å². The average Bonchev–Trinajstić information content (AvgIpc) is 2.62. The third kappa shape index (κ3) is 4.07. The fraction of sp³-hybridized carbons (Fsp3) is 0.318. The smallest absolute Gasteiger partial charge is 0.196 e. The minimum Gasteiger partial charge on any atom is -0.515 e. The van der Waals surface area contributed by atoms with Gasteiger partial charge in [0, 0.05) is 17.3 Å². The monoisotopic (exact) mass is 351 g/mol. The highest BCUT2D eigenvalue weighted by Crippen LogP contribution is 2.31. The summed E-state index contributed by atoms with van der Waals surface area (Å²) in [4.78, 5) is 12.4. The molecule has 0 aromatic heterocycles. The first-order valence-electron chi connectivity index (χ1n) is 9.08. The van der Waals surface area contributed by atoms with Gasteiger partial charge in [0.15, 0.2) is 5.78 Å². The highest BCUT2D eigenvalue weighted by Gasteiger charge is 2.27. The number of aryl methyl sites for hydroxylation is 1. The Balaban J connectivity index is 1.59. The molecule has 1 aliphatic rings. The maximum atomic E-state index is 12.4. The number of benzene rings is 2. The molecule has 0 saturated carbocycles. The Morgan fingerprint density at radius 2 is 2.00 bits per heavy atom. The predicted molar refractivity (Wildman–Crippen MR) is 104 cm³/mol. The quantitative estimate of drug-likeness (QED) is 0.573. The molecule has 3 rings (SSSR count). The summed E-state index contributed by atoms with van der Waals surface area (Å²) in [6, 6.07) is 15.7. The average molecular weight is 351 g/mol. The molecular weight excluding hydrogens is 326 g/mol. The Bertz CT molecular complexity index is 798. The molecule has 136 valence electrons. The van der Waals surface area contributed by atoms with E-state index in [1.165, 1.54) is 5.56 Å². The molecular formula is C22H25NO3. The van der Waals surface area contributed by atoms with Crippen LogP contribution in [0.15, 0.2) is 60.4 Å². The maximum Gasteiger partial charge on any atom is 0.196 e. The van der Waals surface area contributed by atoms with Gasteiger partial charge in [0.2, 0.25) is 0 Å². The number of aliphatic hydroxyl groups is 1. The number of rotatable bonds is 6. The summed E-state index contributed by atoms with van der Waals surface area (Å²) in [7, 11) is 0. The van der Waals surface area contributed by atoms with E-state index in [0.717, 1.165) is 37.0 Å². The molecule has 0 fully saturated rings. The van der Waals surface area contributed by atoms with Gasteiger partial charge in [0.05, 0.1) is 24.0 Å². The van der Waals surface area contributed by atoms with Crippen molar-refractivity contribution < 1.29 is 14.6 Å². The highest BCUT2D eigenvalue weighted by molar-refractivity contribution is 6.14. The highest BCUT2D eigenvalue weighted by atomic mass is 16.5. The lowest BCUT2D eigenvalue weighted by Crippen LogP contribution is -2.30. The van der Waals surface area contributed by atoms with Crippen LogP contribution in [0.3, 0.4) is 0 Å². The van der Waals surface area contributed by atoms with Gasteiger partial charge in [-0.2, -0.15) is 0 Å². The van der Waals surface area contributed by atoms with Crippen LogP contribution in [0.2, 0.25) is 0 Å². The van der Waals surface area contributed by atoms with Gasteiger partial charge in [-0.05, 0) is 50.8 Å². The largest absolute Gasteiger partial charge is 0.515 e. The number of anilines is 1. The Morgan fingerprint density at radius 1 is 1.23 bits per heavy atom. The van der Waals surface area contributed by atoms with Crippen molar-refractivity contribution in [1.82, 2.24) is 0 Å². The van der Waals surface area contributed by atoms with E-state index in [1.54, 1.807) is 6.07 Å². The van der Waals surface area contributed by atoms with Gasteiger partial charge >= 0.3 is 0 Å². The molecule has 4 nitrogen and oxygen atoms in total. The SMILES string of the molecule is CC(CCCc1ccccc1)Oc1ccc2c(c1)NC(C)C(=CO)C2=O. The van der Waals surface area contributed by atoms with Crippen LogP contribution in [-0.4, -0.2) is 23.0 Å². The zero-order valence-corrected chi connectivity index (χ0v) is 15.2. The number of carbonyl (C=O) groups is 1. The number of ether oxygens (including phenoxy) is 1. The first-order chi connectivity index (χ1) is 12.6. The number of Topliss-reactive ketones (excluding diaryl/α,β-unsaturated/α-hetero) is 1. The molecule has 0 radical (unpaired) electrons. The van der Waals surface area contributed by atoms with Gasteiger partial charge in [-0.3, -0.25) is 4.79 Å². The Kier molecular flexibility index (Phi) is 5.61. The molecule has 2 atom stereocenters. The standard InChI is InChI=1S/C22H25NO3/c1-15(7-6-10-17-8-4-3-5-9-17)26-18-11-12-19-21(13-18)23-16(2)20(14-24)22(19)25/h3-5,8-9,11-16,23-24H,6-7,10H2,1-2H3. The van der Waals surface area contributed by atoms with Crippen LogP contribution in [0.1, 0.15) is 42.6 Å². The third-order valence-electron chi connectivity index (χ3n) is 4.73. The van der Waals surface area contributed by atoms with Gasteiger partial charge in [-0.1, -0.05) is 30.3 Å². The number of hydrogen-bond donors (Lipinski definition) is 2. The molecule has 26 heavy (non-hydrogen) atoms. The zero-order valence-electron chi connectivity index (χ0n) is 15.2. The van der Waals surface area contributed by atoms with Crippen molar-refractivity contribution in [2.24, 2.45) is 0 Å². The van der Waals surface area contributed by atoms with Crippen LogP contribution in [0.5, 0.6) is 5.75 Å². The minimum absolute atomic E-state index is 0.0985. The van der Waals surface area contributed by atoms with E-state index in [9.17, 15) is 9.90 Å². The van der Waals surface area contributed by atoms with Gasteiger partial charge in [0.25, 0.3) is 0 Å². The molecule has 1 heterocycles. The summed E-state index contributed by atoms with van der Waals surface area (Å²) in [5.41, 5.74) is 3.04. The van der Waals surface area contributed by atoms with Gasteiger partial charge in [-0.25, -0.2) is 0 Å². The van der Waals surface area contributed by atoms with Gasteiger partial charge < -0.3 is 15.2 Å². The molecule has 2 N–H and O–H groups in total. The Morgan fingerprint density at radius 3 is 2.73 bits per heavy atom. The minimum atomic E-state index is -0.224. The molecule has 1 aliphatic heterocycles. The lowest BCUT2D eigenvalue weighted by molar-refractivity contribution is 0.102. The summed E-state index contributed by atoms with van der Waals surface area (Å²) in [5.74, 6) is 0.607. The summed E-state index contributed by atoms with van der Waals surface area (Å²) >= 11 is 0. The summed E-state index contributed by atoms with van der Waals surface area (Å²) in [6.45, 7) is 3.92. The lowest BCUT2D eigenvalue weighted by Gasteiger charge is -2.26. The van der Waals surface area contributed by atoms with Crippen molar-refractivity contribution in [3.63, 3.8) is 0 Å². The van der Waals surface area contributed by atoms with Crippen molar-refractivity contribution in [2.45, 2.75) is 45.3 Å². The van der Waals surface area contributed by atoms with E-state index in [0.29, 0.717) is 11.1 Å². The van der Waals surface area contributed by atoms with Crippen molar-refractivity contribution in [2.75, 3.05) is 5.32 Å². The van der Waals surface area contributed by atoms with E-state index in [2.05, 4.69) is 36.5 Å². The fourth-order valence-electron chi connectivity index (χ4n) is 3.28. The number of nitrogens with one attached hydrogen (secondary N) is 1. The zero-order chi connectivity index (χ0) is 18.5. The molecule has 0 bridgehead atoms. The number of ketones is 1. The van der Waals surface area contributed by atoms with E-state index >= 15 is 0 Å². The lowest BCUT2D eigenvalue weighted by atomic mass is 9.93. The second-order valence-corrected chi connectivity index (χ2v) is 6.79. The maximum absolute atomic E-state index is 12.4. The molecule has 2 aromatic carbocycles. The van der Waals surface area contributed by atoms with Crippen LogP contribution >= 0.6 is 0 Å². The fourth-order valence-corrected chi connectivity index (χ4v) is 3.28. The summed E-state index contributed by atoms with van der Waals surface area (Å²) in [5, 5.41) is 12.5. The van der Waals surface area contributed by atoms with Crippen molar-refractivity contribution in [3.8, 4) is 5.75 Å². The molecule has 0 saturated heterocycles. The molecule has 2 unspecified atom stereocenters. The van der Waals surface area contributed by atoms with Crippen LogP contribution in [0.4, 0.5) is 5.69 Å². The van der Waals surface area contributed by atoms with Crippen LogP contribution in [-0.2, 0) is 6.42 Å². The number of aliphatic hydroxyl groups excluding tert-OH is 1. The molecule has 2 aromatic rings. The van der Waals surface area contributed by atoms with E-state index in [-0.39, 0.29) is 17.9 Å². The number of hydrogen-bond acceptors (Lipinski definition) is 4.